The van der Waals surface area contributed by atoms with E-state index in [9.17, 15) is 0 Å². The number of nitrogens with zero attached hydrogens (tertiary/aromatic N) is 3. The molecular weight excluding hydrogens is 212 g/mol. The van der Waals surface area contributed by atoms with Gasteiger partial charge in [0.2, 0.25) is 0 Å². The van der Waals surface area contributed by atoms with Crippen LogP contribution in [0.2, 0.25) is 0 Å². The third-order valence-corrected chi connectivity index (χ3v) is 4.24. The highest BCUT2D eigenvalue weighted by molar-refractivity contribution is 5.13. The zero-order valence-electron chi connectivity index (χ0n) is 10.6. The minimum Gasteiger partial charge on any atom is -0.330 e. The van der Waals surface area contributed by atoms with Crippen LogP contribution in [-0.2, 0) is 13.0 Å². The molecule has 0 aromatic carbocycles. The molecule has 0 radical (unpaired) electrons. The SMILES string of the molecule is CN1CCC(c2ncc3n2CC(N)CC3)CC1. The van der Waals surface area contributed by atoms with E-state index in [0.29, 0.717) is 12.0 Å². The van der Waals surface area contributed by atoms with Crippen LogP contribution < -0.4 is 5.73 Å². The van der Waals surface area contributed by atoms with E-state index in [2.05, 4.69) is 27.7 Å². The van der Waals surface area contributed by atoms with Crippen molar-refractivity contribution in [2.75, 3.05) is 20.1 Å². The Kier molecular flexibility index (Phi) is 2.92. The van der Waals surface area contributed by atoms with Gasteiger partial charge in [-0.1, -0.05) is 0 Å². The van der Waals surface area contributed by atoms with Gasteiger partial charge in [-0.3, -0.25) is 0 Å². The summed E-state index contributed by atoms with van der Waals surface area (Å²) in [5, 5.41) is 0. The summed E-state index contributed by atoms with van der Waals surface area (Å²) in [7, 11) is 2.20. The van der Waals surface area contributed by atoms with E-state index < -0.39 is 0 Å². The standard InChI is InChI=1S/C13H22N4/c1-16-6-4-10(5-7-16)13-15-8-12-3-2-11(14)9-17(12)13/h8,10-11H,2-7,9,14H2,1H3. The Bertz CT molecular complexity index is 390. The first kappa shape index (κ1) is 11.2. The van der Waals surface area contributed by atoms with Crippen LogP contribution in [0.4, 0.5) is 0 Å². The zero-order valence-corrected chi connectivity index (χ0v) is 10.6. The number of aryl methyl sites for hydroxylation is 1. The highest BCUT2D eigenvalue weighted by Crippen LogP contribution is 2.29. The lowest BCUT2D eigenvalue weighted by molar-refractivity contribution is 0.247. The highest BCUT2D eigenvalue weighted by Gasteiger charge is 2.26. The number of piperidine rings is 1. The molecular formula is C13H22N4. The molecule has 1 aromatic rings. The van der Waals surface area contributed by atoms with Gasteiger partial charge < -0.3 is 15.2 Å². The monoisotopic (exact) mass is 234 g/mol. The van der Waals surface area contributed by atoms with Gasteiger partial charge in [-0.15, -0.1) is 0 Å². The van der Waals surface area contributed by atoms with Gasteiger partial charge in [-0.2, -0.15) is 0 Å². The van der Waals surface area contributed by atoms with Crippen molar-refractivity contribution in [1.29, 1.82) is 0 Å². The third kappa shape index (κ3) is 2.11. The average Bonchev–Trinajstić information content (AvgIpc) is 2.73. The van der Waals surface area contributed by atoms with Crippen molar-refractivity contribution in [3.8, 4) is 0 Å². The van der Waals surface area contributed by atoms with E-state index in [1.54, 1.807) is 0 Å². The van der Waals surface area contributed by atoms with E-state index >= 15 is 0 Å². The normalized spacial score (nSPS) is 27.1. The fourth-order valence-corrected chi connectivity index (χ4v) is 3.09. The second-order valence-electron chi connectivity index (χ2n) is 5.59. The quantitative estimate of drug-likeness (QED) is 0.787. The molecule has 1 fully saturated rings. The Morgan fingerprint density at radius 2 is 2.06 bits per heavy atom. The number of fused-ring (bicyclic) bond motifs is 1. The molecule has 1 atom stereocenters. The summed E-state index contributed by atoms with van der Waals surface area (Å²) in [5.74, 6) is 1.94. The van der Waals surface area contributed by atoms with Gasteiger partial charge in [-0.05, 0) is 45.8 Å². The van der Waals surface area contributed by atoms with E-state index in [-0.39, 0.29) is 0 Å². The molecule has 3 rings (SSSR count). The van der Waals surface area contributed by atoms with Gasteiger partial charge in [0.05, 0.1) is 0 Å². The van der Waals surface area contributed by atoms with E-state index in [4.69, 9.17) is 5.73 Å². The van der Waals surface area contributed by atoms with Crippen LogP contribution in [0.5, 0.6) is 0 Å². The van der Waals surface area contributed by atoms with Crippen LogP contribution in [0.25, 0.3) is 0 Å². The molecule has 2 aliphatic heterocycles. The topological polar surface area (TPSA) is 47.1 Å². The van der Waals surface area contributed by atoms with Crippen LogP contribution in [0.3, 0.4) is 0 Å². The van der Waals surface area contributed by atoms with Gasteiger partial charge in [0.25, 0.3) is 0 Å². The summed E-state index contributed by atoms with van der Waals surface area (Å²) < 4.78 is 2.39. The van der Waals surface area contributed by atoms with Gasteiger partial charge in [0.1, 0.15) is 5.82 Å². The minimum atomic E-state index is 0.321. The molecule has 4 nitrogen and oxygen atoms in total. The van der Waals surface area contributed by atoms with Gasteiger partial charge in [-0.25, -0.2) is 4.98 Å². The number of hydrogen-bond donors (Lipinski definition) is 1. The Labute approximate surface area is 103 Å². The Morgan fingerprint density at radius 3 is 2.82 bits per heavy atom. The molecule has 0 spiro atoms. The van der Waals surface area contributed by atoms with Gasteiger partial charge in [0, 0.05) is 30.4 Å². The third-order valence-electron chi connectivity index (χ3n) is 4.24. The largest absolute Gasteiger partial charge is 0.330 e. The van der Waals surface area contributed by atoms with Gasteiger partial charge >= 0.3 is 0 Å². The number of nitrogens with two attached hydrogens (primary N) is 1. The number of likely N-dealkylation sites (tertiary alicyclic amines) is 1. The molecule has 0 aliphatic carbocycles. The second kappa shape index (κ2) is 4.42. The van der Waals surface area contributed by atoms with Crippen molar-refractivity contribution >= 4 is 0 Å². The summed E-state index contributed by atoms with van der Waals surface area (Å²) in [6, 6.07) is 0.321. The first-order chi connectivity index (χ1) is 8.24. The summed E-state index contributed by atoms with van der Waals surface area (Å²) in [5.41, 5.74) is 7.46. The maximum absolute atomic E-state index is 6.07. The number of imidazole rings is 1. The minimum absolute atomic E-state index is 0.321. The Hall–Kier alpha value is -0.870. The molecule has 1 saturated heterocycles. The van der Waals surface area contributed by atoms with Crippen molar-refractivity contribution in [3.05, 3.63) is 17.7 Å². The van der Waals surface area contributed by atoms with Crippen molar-refractivity contribution in [3.63, 3.8) is 0 Å². The summed E-state index contributed by atoms with van der Waals surface area (Å²) >= 11 is 0. The Balaban J connectivity index is 1.81. The molecule has 1 aromatic heterocycles. The predicted octanol–water partition coefficient (Wildman–Crippen LogP) is 0.966. The number of rotatable bonds is 1. The number of aromatic nitrogens is 2. The number of hydrogen-bond acceptors (Lipinski definition) is 3. The molecule has 2 aliphatic rings. The molecule has 0 bridgehead atoms. The van der Waals surface area contributed by atoms with Crippen LogP contribution in [0.1, 0.15) is 36.7 Å². The molecule has 0 saturated carbocycles. The maximum atomic E-state index is 6.07. The van der Waals surface area contributed by atoms with Crippen LogP contribution in [-0.4, -0.2) is 40.6 Å². The average molecular weight is 234 g/mol. The van der Waals surface area contributed by atoms with Crippen LogP contribution in [0.15, 0.2) is 6.20 Å². The molecule has 4 heteroatoms. The van der Waals surface area contributed by atoms with E-state index in [0.717, 1.165) is 19.4 Å². The lowest BCUT2D eigenvalue weighted by Crippen LogP contribution is -2.35. The van der Waals surface area contributed by atoms with Crippen molar-refractivity contribution in [2.45, 2.75) is 44.2 Å². The maximum Gasteiger partial charge on any atom is 0.112 e. The summed E-state index contributed by atoms with van der Waals surface area (Å²) in [6.07, 6.45) is 6.75. The zero-order chi connectivity index (χ0) is 11.8. The fourth-order valence-electron chi connectivity index (χ4n) is 3.09. The lowest BCUT2D eigenvalue weighted by atomic mass is 9.95. The first-order valence-corrected chi connectivity index (χ1v) is 6.72. The second-order valence-corrected chi connectivity index (χ2v) is 5.59. The van der Waals surface area contributed by atoms with Crippen LogP contribution >= 0.6 is 0 Å². The summed E-state index contributed by atoms with van der Waals surface area (Å²) in [6.45, 7) is 3.36. The molecule has 3 heterocycles. The van der Waals surface area contributed by atoms with E-state index in [1.165, 1.54) is 37.4 Å². The molecule has 1 unspecified atom stereocenters. The smallest absolute Gasteiger partial charge is 0.112 e. The lowest BCUT2D eigenvalue weighted by Gasteiger charge is -2.30. The molecule has 0 amide bonds. The van der Waals surface area contributed by atoms with Crippen molar-refractivity contribution in [1.82, 2.24) is 14.5 Å². The van der Waals surface area contributed by atoms with E-state index in [1.807, 2.05) is 0 Å². The van der Waals surface area contributed by atoms with Crippen molar-refractivity contribution < 1.29 is 0 Å². The summed E-state index contributed by atoms with van der Waals surface area (Å²) in [4.78, 5) is 7.07. The molecule has 17 heavy (non-hydrogen) atoms. The predicted molar refractivity (Wildman–Crippen MR) is 68.0 cm³/mol. The Morgan fingerprint density at radius 1 is 1.29 bits per heavy atom. The first-order valence-electron chi connectivity index (χ1n) is 6.72. The molecule has 94 valence electrons. The van der Waals surface area contributed by atoms with Gasteiger partial charge in [0.15, 0.2) is 0 Å². The molecule has 2 N–H and O–H groups in total. The van der Waals surface area contributed by atoms with Crippen molar-refractivity contribution in [2.24, 2.45) is 5.73 Å². The fraction of sp³-hybridized carbons (Fsp3) is 0.769. The van der Waals surface area contributed by atoms with Crippen LogP contribution in [0, 0.1) is 0 Å². The highest BCUT2D eigenvalue weighted by atomic mass is 15.1.